The Morgan fingerprint density at radius 3 is 2.79 bits per heavy atom. The Kier molecular flexibility index (Phi) is 2.39. The summed E-state index contributed by atoms with van der Waals surface area (Å²) in [6.45, 7) is 0.736. The lowest BCUT2D eigenvalue weighted by Crippen LogP contribution is -2.23. The van der Waals surface area contributed by atoms with Gasteiger partial charge in [0.1, 0.15) is 5.75 Å². The molecule has 0 fully saturated rings. The molecular formula is C17H16O2. The van der Waals surface area contributed by atoms with Gasteiger partial charge in [0, 0.05) is 17.9 Å². The molecule has 2 aromatic carbocycles. The molecule has 0 amide bonds. The Morgan fingerprint density at radius 1 is 1.05 bits per heavy atom. The number of aliphatic hydroxyl groups excluding tert-OH is 1. The topological polar surface area (TPSA) is 29.5 Å². The highest BCUT2D eigenvalue weighted by Gasteiger charge is 2.34. The van der Waals surface area contributed by atoms with Crippen LogP contribution in [0.2, 0.25) is 0 Å². The molecule has 0 spiro atoms. The van der Waals surface area contributed by atoms with E-state index in [1.165, 1.54) is 16.7 Å². The van der Waals surface area contributed by atoms with Gasteiger partial charge in [-0.15, -0.1) is 0 Å². The van der Waals surface area contributed by atoms with E-state index in [0.717, 1.165) is 30.8 Å². The Balaban J connectivity index is 1.70. The first-order valence-electron chi connectivity index (χ1n) is 6.85. The quantitative estimate of drug-likeness (QED) is 0.890. The molecule has 2 unspecified atom stereocenters. The van der Waals surface area contributed by atoms with Crippen molar-refractivity contribution in [1.82, 2.24) is 0 Å². The van der Waals surface area contributed by atoms with Crippen LogP contribution in [0.1, 0.15) is 34.3 Å². The fourth-order valence-corrected chi connectivity index (χ4v) is 3.27. The highest BCUT2D eigenvalue weighted by atomic mass is 16.5. The first-order chi connectivity index (χ1) is 9.34. The van der Waals surface area contributed by atoms with Crippen molar-refractivity contribution in [2.24, 2.45) is 0 Å². The lowest BCUT2D eigenvalue weighted by Gasteiger charge is -2.34. The Morgan fingerprint density at radius 2 is 1.89 bits per heavy atom. The van der Waals surface area contributed by atoms with E-state index < -0.39 is 6.10 Å². The van der Waals surface area contributed by atoms with E-state index in [2.05, 4.69) is 24.3 Å². The third-order valence-corrected chi connectivity index (χ3v) is 4.34. The van der Waals surface area contributed by atoms with Crippen LogP contribution in [0.25, 0.3) is 0 Å². The molecule has 0 saturated carbocycles. The van der Waals surface area contributed by atoms with Crippen LogP contribution in [-0.4, -0.2) is 11.7 Å². The molecule has 2 atom stereocenters. The molecular weight excluding hydrogens is 236 g/mol. The van der Waals surface area contributed by atoms with E-state index in [4.69, 9.17) is 4.74 Å². The minimum Gasteiger partial charge on any atom is -0.493 e. The molecule has 96 valence electrons. The first-order valence-corrected chi connectivity index (χ1v) is 6.85. The van der Waals surface area contributed by atoms with Gasteiger partial charge < -0.3 is 9.84 Å². The van der Waals surface area contributed by atoms with Crippen molar-refractivity contribution in [3.05, 3.63) is 64.7 Å². The van der Waals surface area contributed by atoms with Gasteiger partial charge in [-0.2, -0.15) is 0 Å². The van der Waals surface area contributed by atoms with Crippen molar-refractivity contribution in [3.8, 4) is 5.75 Å². The summed E-state index contributed by atoms with van der Waals surface area (Å²) in [5.41, 5.74) is 4.82. The fourth-order valence-electron chi connectivity index (χ4n) is 3.27. The second kappa shape index (κ2) is 4.10. The smallest absolute Gasteiger partial charge is 0.128 e. The van der Waals surface area contributed by atoms with Crippen molar-refractivity contribution < 1.29 is 9.84 Å². The van der Waals surface area contributed by atoms with E-state index >= 15 is 0 Å². The van der Waals surface area contributed by atoms with Crippen LogP contribution in [-0.2, 0) is 12.8 Å². The maximum atomic E-state index is 10.7. The largest absolute Gasteiger partial charge is 0.493 e. The number of benzene rings is 2. The molecule has 0 aromatic heterocycles. The molecule has 0 saturated heterocycles. The summed E-state index contributed by atoms with van der Waals surface area (Å²) in [4.78, 5) is 0. The summed E-state index contributed by atoms with van der Waals surface area (Å²) in [5, 5.41) is 10.7. The number of hydrogen-bond acceptors (Lipinski definition) is 2. The van der Waals surface area contributed by atoms with Crippen LogP contribution >= 0.6 is 0 Å². The van der Waals surface area contributed by atoms with Crippen molar-refractivity contribution in [1.29, 1.82) is 0 Å². The van der Waals surface area contributed by atoms with E-state index in [-0.39, 0.29) is 5.92 Å². The predicted octanol–water partition coefficient (Wildman–Crippen LogP) is 2.99. The first kappa shape index (κ1) is 11.1. The van der Waals surface area contributed by atoms with Crippen LogP contribution in [0.4, 0.5) is 0 Å². The number of ether oxygens (including phenoxy) is 1. The second-order valence-corrected chi connectivity index (χ2v) is 5.39. The van der Waals surface area contributed by atoms with Gasteiger partial charge in [0.2, 0.25) is 0 Å². The van der Waals surface area contributed by atoms with Crippen LogP contribution in [0.15, 0.2) is 42.5 Å². The van der Waals surface area contributed by atoms with Gasteiger partial charge in [-0.3, -0.25) is 0 Å². The highest BCUT2D eigenvalue weighted by molar-refractivity contribution is 5.49. The van der Waals surface area contributed by atoms with Crippen molar-refractivity contribution >= 4 is 0 Å². The molecule has 2 heteroatoms. The summed E-state index contributed by atoms with van der Waals surface area (Å²) in [5.74, 6) is 1.13. The fraction of sp³-hybridized carbons (Fsp3) is 0.294. The zero-order chi connectivity index (χ0) is 12.8. The molecule has 0 radical (unpaired) electrons. The standard InChI is InChI=1S/C17H16O2/c18-16(15-10-12-4-1-2-6-13(12)15)14-7-3-5-11-8-9-19-17(11)14/h1-7,15-16,18H,8-10H2. The van der Waals surface area contributed by atoms with Gasteiger partial charge in [0.25, 0.3) is 0 Å². The zero-order valence-corrected chi connectivity index (χ0v) is 10.7. The zero-order valence-electron chi connectivity index (χ0n) is 10.7. The minimum atomic E-state index is -0.456. The average Bonchev–Trinajstić information content (AvgIpc) is 2.88. The number of para-hydroxylation sites is 1. The number of rotatable bonds is 2. The molecule has 2 nitrogen and oxygen atoms in total. The molecule has 1 aliphatic heterocycles. The van der Waals surface area contributed by atoms with Crippen LogP contribution in [0.5, 0.6) is 5.75 Å². The second-order valence-electron chi connectivity index (χ2n) is 5.39. The lowest BCUT2D eigenvalue weighted by atomic mass is 9.72. The molecule has 1 heterocycles. The van der Waals surface area contributed by atoms with Gasteiger partial charge in [0.05, 0.1) is 12.7 Å². The van der Waals surface area contributed by atoms with E-state index in [9.17, 15) is 5.11 Å². The minimum absolute atomic E-state index is 0.215. The number of fused-ring (bicyclic) bond motifs is 2. The molecule has 2 aliphatic rings. The Bertz CT molecular complexity index is 633. The molecule has 0 bridgehead atoms. The maximum absolute atomic E-state index is 10.7. The van der Waals surface area contributed by atoms with Crippen molar-refractivity contribution in [3.63, 3.8) is 0 Å². The summed E-state index contributed by atoms with van der Waals surface area (Å²) in [6.07, 6.45) is 1.46. The van der Waals surface area contributed by atoms with Gasteiger partial charge in [-0.1, -0.05) is 42.5 Å². The monoisotopic (exact) mass is 252 g/mol. The summed E-state index contributed by atoms with van der Waals surface area (Å²) in [6, 6.07) is 14.5. The van der Waals surface area contributed by atoms with Gasteiger partial charge in [-0.25, -0.2) is 0 Å². The average molecular weight is 252 g/mol. The maximum Gasteiger partial charge on any atom is 0.128 e. The summed E-state index contributed by atoms with van der Waals surface area (Å²) >= 11 is 0. The van der Waals surface area contributed by atoms with Crippen LogP contribution in [0.3, 0.4) is 0 Å². The van der Waals surface area contributed by atoms with Crippen LogP contribution in [0, 0.1) is 0 Å². The number of aliphatic hydroxyl groups is 1. The highest BCUT2D eigenvalue weighted by Crippen LogP contribution is 2.46. The molecule has 1 aliphatic carbocycles. The summed E-state index contributed by atoms with van der Waals surface area (Å²) in [7, 11) is 0. The van der Waals surface area contributed by atoms with Gasteiger partial charge in [-0.05, 0) is 23.1 Å². The molecule has 4 rings (SSSR count). The molecule has 2 aromatic rings. The molecule has 1 N–H and O–H groups in total. The van der Waals surface area contributed by atoms with Gasteiger partial charge >= 0.3 is 0 Å². The third-order valence-electron chi connectivity index (χ3n) is 4.34. The third kappa shape index (κ3) is 1.60. The van der Waals surface area contributed by atoms with Crippen molar-refractivity contribution in [2.75, 3.05) is 6.61 Å². The number of hydrogen-bond donors (Lipinski definition) is 1. The van der Waals surface area contributed by atoms with E-state index in [1.807, 2.05) is 18.2 Å². The van der Waals surface area contributed by atoms with E-state index in [1.54, 1.807) is 0 Å². The van der Waals surface area contributed by atoms with Gasteiger partial charge in [0.15, 0.2) is 0 Å². The van der Waals surface area contributed by atoms with Crippen LogP contribution < -0.4 is 4.74 Å². The van der Waals surface area contributed by atoms with E-state index in [0.29, 0.717) is 0 Å². The Hall–Kier alpha value is -1.80. The summed E-state index contributed by atoms with van der Waals surface area (Å²) < 4.78 is 5.70. The normalized spacial score (nSPS) is 21.0. The molecule has 19 heavy (non-hydrogen) atoms. The predicted molar refractivity (Wildman–Crippen MR) is 73.5 cm³/mol. The SMILES string of the molecule is OC(c1cccc2c1OCC2)C1Cc2ccccc21. The van der Waals surface area contributed by atoms with Crippen molar-refractivity contribution in [2.45, 2.75) is 24.9 Å². The Labute approximate surface area is 112 Å². The lowest BCUT2D eigenvalue weighted by molar-refractivity contribution is 0.131.